The van der Waals surface area contributed by atoms with Crippen molar-refractivity contribution in [1.82, 2.24) is 5.32 Å². The van der Waals surface area contributed by atoms with Crippen LogP contribution in [0.25, 0.3) is 15.8 Å². The number of carbonyl (C=O) groups excluding carboxylic acids is 1. The van der Waals surface area contributed by atoms with Crippen LogP contribution >= 0.6 is 0 Å². The van der Waals surface area contributed by atoms with Crippen LogP contribution in [0.15, 0.2) is 50.1 Å². The summed E-state index contributed by atoms with van der Waals surface area (Å²) in [5, 5.41) is 3.01. The Hall–Kier alpha value is -3.20. The number of benzene rings is 1. The summed E-state index contributed by atoms with van der Waals surface area (Å²) in [7, 11) is 0. The highest BCUT2D eigenvalue weighted by Gasteiger charge is 2.37. The highest BCUT2D eigenvalue weighted by Crippen LogP contribution is 2.43. The zero-order valence-corrected chi connectivity index (χ0v) is 17.3. The summed E-state index contributed by atoms with van der Waals surface area (Å²) in [6.45, 7) is 13.0. The minimum Gasteiger partial charge on any atom is -0.461 e. The van der Waals surface area contributed by atoms with Gasteiger partial charge in [0.25, 0.3) is 0 Å². The van der Waals surface area contributed by atoms with Crippen molar-refractivity contribution in [1.29, 1.82) is 0 Å². The van der Waals surface area contributed by atoms with E-state index in [1.807, 2.05) is 6.92 Å². The molecular weight excluding hydrogens is 383 g/mol. The highest BCUT2D eigenvalue weighted by molar-refractivity contribution is 6.00. The van der Waals surface area contributed by atoms with Crippen LogP contribution in [0.1, 0.15) is 56.8 Å². The predicted molar refractivity (Wildman–Crippen MR) is 112 cm³/mol. The third-order valence-corrected chi connectivity index (χ3v) is 6.14. The summed E-state index contributed by atoms with van der Waals surface area (Å²) in [4.78, 5) is 29.5. The van der Waals surface area contributed by atoms with Crippen LogP contribution in [0.4, 0.5) is 4.39 Å². The highest BCUT2D eigenvalue weighted by atomic mass is 19.1. The van der Waals surface area contributed by atoms with Gasteiger partial charge in [-0.2, -0.15) is 0 Å². The van der Waals surface area contributed by atoms with Crippen molar-refractivity contribution in [3.63, 3.8) is 0 Å². The molecule has 0 saturated heterocycles. The van der Waals surface area contributed by atoms with Crippen LogP contribution in [0.2, 0.25) is 0 Å². The number of carbonyl (C=O) groups is 1. The van der Waals surface area contributed by atoms with Crippen molar-refractivity contribution in [3.8, 4) is 0 Å². The Kier molecular flexibility index (Phi) is 5.07. The Morgan fingerprint density at radius 1 is 1.27 bits per heavy atom. The molecule has 1 aliphatic heterocycles. The van der Waals surface area contributed by atoms with Gasteiger partial charge < -0.3 is 9.73 Å². The quantitative estimate of drug-likeness (QED) is 0.717. The van der Waals surface area contributed by atoms with Gasteiger partial charge in [0, 0.05) is 29.5 Å². The standard InChI is InChI=1S/C24H23FN2O3/c1-12-10-18(28)22-17(25)9-8-16(24(22)30-12)21-20(19(29)11-15-6-5-7-15)13(2)27-14(3)23(21)26-4/h8-10,15,21,27H,5-7,11H2,1-3H3. The predicted octanol–water partition coefficient (Wildman–Crippen LogP) is 5.11. The van der Waals surface area contributed by atoms with Crippen LogP contribution in [0.5, 0.6) is 0 Å². The van der Waals surface area contributed by atoms with Gasteiger partial charge in [0.15, 0.2) is 16.9 Å². The lowest BCUT2D eigenvalue weighted by Gasteiger charge is -2.31. The molecule has 4 rings (SSSR count). The van der Waals surface area contributed by atoms with E-state index in [2.05, 4.69) is 10.2 Å². The topological polar surface area (TPSA) is 63.7 Å². The maximum absolute atomic E-state index is 14.5. The van der Waals surface area contributed by atoms with Gasteiger partial charge in [-0.3, -0.25) is 9.59 Å². The van der Waals surface area contributed by atoms with Crippen LogP contribution < -0.4 is 10.7 Å². The largest absolute Gasteiger partial charge is 0.461 e. The fourth-order valence-electron chi connectivity index (χ4n) is 4.46. The van der Waals surface area contributed by atoms with Crippen molar-refractivity contribution < 1.29 is 13.6 Å². The molecule has 0 spiro atoms. The molecule has 1 N–H and O–H groups in total. The van der Waals surface area contributed by atoms with Crippen molar-refractivity contribution in [3.05, 3.63) is 79.6 Å². The van der Waals surface area contributed by atoms with Crippen LogP contribution in [-0.4, -0.2) is 5.78 Å². The van der Waals surface area contributed by atoms with Crippen molar-refractivity contribution in [2.45, 2.75) is 52.4 Å². The molecule has 1 fully saturated rings. The van der Waals surface area contributed by atoms with E-state index in [0.717, 1.165) is 19.3 Å². The number of nitrogens with one attached hydrogen (secondary N) is 1. The summed E-state index contributed by atoms with van der Waals surface area (Å²) < 4.78 is 20.3. The zero-order chi connectivity index (χ0) is 21.6. The fraction of sp³-hybridized carbons (Fsp3) is 0.375. The molecule has 0 amide bonds. The number of nitrogens with zero attached hydrogens (tertiary/aromatic N) is 1. The number of dihydropyridines is 1. The van der Waals surface area contributed by atoms with Gasteiger partial charge >= 0.3 is 0 Å². The average Bonchev–Trinajstić information content (AvgIpc) is 2.64. The van der Waals surface area contributed by atoms with Gasteiger partial charge in [-0.05, 0) is 38.3 Å². The Labute approximate surface area is 174 Å². The maximum Gasteiger partial charge on any atom is 0.195 e. The van der Waals surface area contributed by atoms with Gasteiger partial charge in [0.1, 0.15) is 22.5 Å². The van der Waals surface area contributed by atoms with Crippen molar-refractivity contribution >= 4 is 16.8 Å². The van der Waals surface area contributed by atoms with Gasteiger partial charge in [-0.1, -0.05) is 25.3 Å². The smallest absolute Gasteiger partial charge is 0.195 e. The first-order chi connectivity index (χ1) is 14.3. The van der Waals surface area contributed by atoms with E-state index in [1.165, 1.54) is 18.2 Å². The van der Waals surface area contributed by atoms with E-state index >= 15 is 0 Å². The van der Waals surface area contributed by atoms with E-state index in [1.54, 1.807) is 13.8 Å². The van der Waals surface area contributed by atoms with Crippen molar-refractivity contribution in [2.75, 3.05) is 0 Å². The zero-order valence-electron chi connectivity index (χ0n) is 17.3. The molecule has 6 heteroatoms. The van der Waals surface area contributed by atoms with Gasteiger partial charge in [-0.25, -0.2) is 9.24 Å². The number of fused-ring (bicyclic) bond motifs is 1. The molecule has 30 heavy (non-hydrogen) atoms. The SMILES string of the molecule is [C-]#[N+]C1=C(C)NC(C)=C(C(=O)CC2CCC2)C1c1ccc(F)c2c(=O)cc(C)oc12. The average molecular weight is 406 g/mol. The second-order valence-corrected chi connectivity index (χ2v) is 8.20. The Morgan fingerprint density at radius 3 is 2.63 bits per heavy atom. The molecule has 5 nitrogen and oxygen atoms in total. The van der Waals surface area contributed by atoms with E-state index < -0.39 is 17.2 Å². The third kappa shape index (κ3) is 3.24. The normalized spacial score (nSPS) is 19.5. The van der Waals surface area contributed by atoms with Gasteiger partial charge in [-0.15, -0.1) is 0 Å². The van der Waals surface area contributed by atoms with Gasteiger partial charge in [0.05, 0.1) is 12.5 Å². The number of Topliss-reactive ketones (excluding diaryl/α,β-unsaturated/α-hetero) is 1. The van der Waals surface area contributed by atoms with Crippen LogP contribution in [0, 0.1) is 25.2 Å². The minimum absolute atomic E-state index is 0.0178. The number of hydrogen-bond acceptors (Lipinski definition) is 4. The van der Waals surface area contributed by atoms with E-state index in [4.69, 9.17) is 11.0 Å². The molecule has 1 atom stereocenters. The number of ketones is 1. The number of allylic oxidation sites excluding steroid dienone is 3. The lowest BCUT2D eigenvalue weighted by molar-refractivity contribution is -0.117. The Balaban J connectivity index is 1.96. The monoisotopic (exact) mass is 406 g/mol. The second kappa shape index (κ2) is 7.56. The first-order valence-corrected chi connectivity index (χ1v) is 10.1. The number of hydrogen-bond donors (Lipinski definition) is 1. The maximum atomic E-state index is 14.5. The van der Waals surface area contributed by atoms with Crippen LogP contribution in [-0.2, 0) is 4.79 Å². The first kappa shape index (κ1) is 20.1. The van der Waals surface area contributed by atoms with E-state index in [9.17, 15) is 14.0 Å². The van der Waals surface area contributed by atoms with Gasteiger partial charge in [0.2, 0.25) is 0 Å². The number of rotatable bonds is 4. The molecular formula is C24H23FN2O3. The third-order valence-electron chi connectivity index (χ3n) is 6.14. The summed E-state index contributed by atoms with van der Waals surface area (Å²) in [5.41, 5.74) is 2.26. The summed E-state index contributed by atoms with van der Waals surface area (Å²) in [6.07, 6.45) is 3.64. The molecule has 154 valence electrons. The Morgan fingerprint density at radius 2 is 2.00 bits per heavy atom. The molecule has 1 aromatic carbocycles. The number of halogens is 1. The lowest BCUT2D eigenvalue weighted by Crippen LogP contribution is -2.29. The van der Waals surface area contributed by atoms with Crippen molar-refractivity contribution in [2.24, 2.45) is 5.92 Å². The summed E-state index contributed by atoms with van der Waals surface area (Å²) in [5.74, 6) is -0.682. The molecule has 2 aliphatic rings. The lowest BCUT2D eigenvalue weighted by atomic mass is 9.76. The molecule has 0 radical (unpaired) electrons. The van der Waals surface area contributed by atoms with Crippen LogP contribution in [0.3, 0.4) is 0 Å². The molecule has 1 unspecified atom stereocenters. The molecule has 1 aliphatic carbocycles. The van der Waals surface area contributed by atoms with E-state index in [-0.39, 0.29) is 16.8 Å². The molecule has 0 bridgehead atoms. The van der Waals surface area contributed by atoms with E-state index in [0.29, 0.717) is 46.3 Å². The fourth-order valence-corrected chi connectivity index (χ4v) is 4.46. The first-order valence-electron chi connectivity index (χ1n) is 10.1. The molecule has 2 heterocycles. The number of aryl methyl sites for hydroxylation is 1. The summed E-state index contributed by atoms with van der Waals surface area (Å²) >= 11 is 0. The molecule has 1 aromatic heterocycles. The molecule has 1 saturated carbocycles. The Bertz CT molecular complexity index is 1230. The second-order valence-electron chi connectivity index (χ2n) is 8.20. The molecule has 2 aromatic rings. The summed E-state index contributed by atoms with van der Waals surface area (Å²) in [6, 6.07) is 3.99. The minimum atomic E-state index is -0.704.